The molecule has 0 aliphatic carbocycles. The fourth-order valence-electron chi connectivity index (χ4n) is 7.22. The number of hydrogen-bond acceptors (Lipinski definition) is 4. The van der Waals surface area contributed by atoms with E-state index in [0.29, 0.717) is 0 Å². The summed E-state index contributed by atoms with van der Waals surface area (Å²) in [7, 11) is 0. The lowest BCUT2D eigenvalue weighted by atomic mass is 9.72. The number of benzene rings is 4. The monoisotopic (exact) mass is 602 g/mol. The summed E-state index contributed by atoms with van der Waals surface area (Å²) in [5.41, 5.74) is 3.95. The molecule has 0 aromatic heterocycles. The van der Waals surface area contributed by atoms with Crippen molar-refractivity contribution in [1.82, 2.24) is 15.1 Å². The Balaban J connectivity index is 0.923. The first kappa shape index (κ1) is 31.0. The molecule has 0 saturated carbocycles. The smallest absolute Gasteiger partial charge is 0.319 e. The number of anilines is 1. The van der Waals surface area contributed by atoms with Crippen LogP contribution in [0, 0.1) is 5.92 Å². The summed E-state index contributed by atoms with van der Waals surface area (Å²) >= 11 is 0. The van der Waals surface area contributed by atoms with Crippen LogP contribution in [0.25, 0.3) is 11.1 Å². The molecule has 0 radical (unpaired) electrons. The molecule has 6 heteroatoms. The van der Waals surface area contributed by atoms with Crippen LogP contribution in [0.1, 0.15) is 43.2 Å². The lowest BCUT2D eigenvalue weighted by molar-refractivity contribution is -0.0145. The molecule has 4 aromatic rings. The van der Waals surface area contributed by atoms with Gasteiger partial charge in [-0.05, 0) is 87.0 Å². The van der Waals surface area contributed by atoms with Crippen molar-refractivity contribution in [3.8, 4) is 11.1 Å². The van der Waals surface area contributed by atoms with E-state index < -0.39 is 5.60 Å². The van der Waals surface area contributed by atoms with E-state index in [-0.39, 0.29) is 18.0 Å². The summed E-state index contributed by atoms with van der Waals surface area (Å²) in [4.78, 5) is 18.0. The SMILES string of the molecule is O=C(Nc1ccccc1-c1ccccc1)NC1CCN(CCCN2CCC(C(O)(c3ccccc3)c3ccccc3)CC2)CC1. The van der Waals surface area contributed by atoms with Crippen LogP contribution in [0.2, 0.25) is 0 Å². The fourth-order valence-corrected chi connectivity index (χ4v) is 7.22. The molecule has 2 aliphatic heterocycles. The highest BCUT2D eigenvalue weighted by molar-refractivity contribution is 5.94. The number of nitrogens with one attached hydrogen (secondary N) is 2. The third-order valence-electron chi connectivity index (χ3n) is 9.74. The van der Waals surface area contributed by atoms with Crippen molar-refractivity contribution in [3.05, 3.63) is 126 Å². The van der Waals surface area contributed by atoms with E-state index in [0.717, 1.165) is 99.3 Å². The molecule has 45 heavy (non-hydrogen) atoms. The maximum atomic E-state index is 12.9. The van der Waals surface area contributed by atoms with Crippen LogP contribution in [0.5, 0.6) is 0 Å². The second-order valence-electron chi connectivity index (χ2n) is 12.6. The van der Waals surface area contributed by atoms with Gasteiger partial charge in [-0.15, -0.1) is 0 Å². The van der Waals surface area contributed by atoms with Gasteiger partial charge in [0.2, 0.25) is 0 Å². The summed E-state index contributed by atoms with van der Waals surface area (Å²) in [6.45, 7) is 6.22. The number of likely N-dealkylation sites (tertiary alicyclic amines) is 2. The molecule has 234 valence electrons. The van der Waals surface area contributed by atoms with E-state index in [1.165, 1.54) is 0 Å². The Morgan fingerprint density at radius 3 is 1.73 bits per heavy atom. The zero-order chi connectivity index (χ0) is 30.9. The zero-order valence-corrected chi connectivity index (χ0v) is 26.2. The maximum Gasteiger partial charge on any atom is 0.319 e. The average Bonchev–Trinajstić information content (AvgIpc) is 3.10. The highest BCUT2D eigenvalue weighted by atomic mass is 16.3. The molecule has 2 fully saturated rings. The van der Waals surface area contributed by atoms with E-state index >= 15 is 0 Å². The Labute approximate surface area is 268 Å². The summed E-state index contributed by atoms with van der Waals surface area (Å²) < 4.78 is 0. The van der Waals surface area contributed by atoms with Gasteiger partial charge < -0.3 is 25.5 Å². The van der Waals surface area contributed by atoms with Gasteiger partial charge in [0.25, 0.3) is 0 Å². The molecule has 3 N–H and O–H groups in total. The van der Waals surface area contributed by atoms with Crippen molar-refractivity contribution in [2.45, 2.75) is 43.7 Å². The van der Waals surface area contributed by atoms with Gasteiger partial charge in [0, 0.05) is 24.7 Å². The number of urea groups is 1. The van der Waals surface area contributed by atoms with Gasteiger partial charge >= 0.3 is 6.03 Å². The third kappa shape index (κ3) is 7.64. The first-order chi connectivity index (χ1) is 22.1. The van der Waals surface area contributed by atoms with Crippen molar-refractivity contribution in [1.29, 1.82) is 0 Å². The summed E-state index contributed by atoms with van der Waals surface area (Å²) in [5.74, 6) is 0.189. The first-order valence-electron chi connectivity index (χ1n) is 16.6. The summed E-state index contributed by atoms with van der Waals surface area (Å²) in [6.07, 6.45) is 5.04. The number of piperidine rings is 2. The van der Waals surface area contributed by atoms with Crippen molar-refractivity contribution in [2.75, 3.05) is 44.6 Å². The molecule has 2 saturated heterocycles. The lowest BCUT2D eigenvalue weighted by Crippen LogP contribution is -2.47. The Morgan fingerprint density at radius 1 is 0.667 bits per heavy atom. The van der Waals surface area contributed by atoms with Crippen molar-refractivity contribution >= 4 is 11.7 Å². The van der Waals surface area contributed by atoms with Gasteiger partial charge in [0.15, 0.2) is 0 Å². The number of amides is 2. The molecule has 6 rings (SSSR count). The molecule has 0 bridgehead atoms. The fraction of sp³-hybridized carbons (Fsp3) is 0.359. The summed E-state index contributed by atoms with van der Waals surface area (Å²) in [5, 5.41) is 18.5. The van der Waals surface area contributed by atoms with E-state index in [2.05, 4.69) is 56.8 Å². The minimum Gasteiger partial charge on any atom is -0.380 e. The zero-order valence-electron chi connectivity index (χ0n) is 26.2. The molecule has 2 heterocycles. The standard InChI is InChI=1S/C39H46N4O2/c44-38(41-37-20-11-10-19-36(37)31-13-4-1-5-14-31)40-35-23-29-43(30-24-35)26-12-25-42-27-21-34(22-28-42)39(45,32-15-6-2-7-16-32)33-17-8-3-9-18-33/h1-11,13-20,34-35,45H,12,21-30H2,(H2,40,41,44). The number of nitrogens with zero attached hydrogens (tertiary/aromatic N) is 2. The Hall–Kier alpha value is -3.97. The van der Waals surface area contributed by atoms with E-state index in [1.54, 1.807) is 0 Å². The Kier molecular flexibility index (Phi) is 10.3. The van der Waals surface area contributed by atoms with E-state index in [1.807, 2.05) is 78.9 Å². The van der Waals surface area contributed by atoms with Gasteiger partial charge in [-0.25, -0.2) is 4.79 Å². The minimum absolute atomic E-state index is 0.133. The number of hydrogen-bond donors (Lipinski definition) is 3. The molecule has 0 spiro atoms. The molecule has 2 aliphatic rings. The van der Waals surface area contributed by atoms with Crippen molar-refractivity contribution < 1.29 is 9.90 Å². The molecule has 0 unspecified atom stereocenters. The summed E-state index contributed by atoms with van der Waals surface area (Å²) in [6, 6.07) is 38.6. The van der Waals surface area contributed by atoms with Crippen molar-refractivity contribution in [2.24, 2.45) is 5.92 Å². The van der Waals surface area contributed by atoms with Gasteiger partial charge in [-0.3, -0.25) is 0 Å². The predicted molar refractivity (Wildman–Crippen MR) is 183 cm³/mol. The predicted octanol–water partition coefficient (Wildman–Crippen LogP) is 6.98. The van der Waals surface area contributed by atoms with Crippen LogP contribution < -0.4 is 10.6 Å². The second kappa shape index (κ2) is 14.9. The number of para-hydroxylation sites is 1. The third-order valence-corrected chi connectivity index (χ3v) is 9.74. The van der Waals surface area contributed by atoms with Crippen LogP contribution in [-0.2, 0) is 5.60 Å². The number of carbonyl (C=O) groups is 1. The number of aliphatic hydroxyl groups is 1. The first-order valence-corrected chi connectivity index (χ1v) is 16.6. The molecule has 0 atom stereocenters. The molecule has 4 aromatic carbocycles. The van der Waals surface area contributed by atoms with Crippen LogP contribution in [0.3, 0.4) is 0 Å². The average molecular weight is 603 g/mol. The van der Waals surface area contributed by atoms with E-state index in [4.69, 9.17) is 0 Å². The van der Waals surface area contributed by atoms with Crippen LogP contribution in [-0.4, -0.2) is 66.2 Å². The lowest BCUT2D eigenvalue weighted by Gasteiger charge is -2.42. The van der Waals surface area contributed by atoms with Crippen LogP contribution in [0.4, 0.5) is 10.5 Å². The Morgan fingerprint density at radius 2 is 1.16 bits per heavy atom. The quantitative estimate of drug-likeness (QED) is 0.183. The Bertz CT molecular complexity index is 1440. The highest BCUT2D eigenvalue weighted by Crippen LogP contribution is 2.42. The normalized spacial score (nSPS) is 17.2. The van der Waals surface area contributed by atoms with E-state index in [9.17, 15) is 9.90 Å². The molecule has 6 nitrogen and oxygen atoms in total. The molecular weight excluding hydrogens is 556 g/mol. The van der Waals surface area contributed by atoms with Gasteiger partial charge in [0.1, 0.15) is 5.60 Å². The van der Waals surface area contributed by atoms with Crippen molar-refractivity contribution in [3.63, 3.8) is 0 Å². The van der Waals surface area contributed by atoms with Crippen LogP contribution in [0.15, 0.2) is 115 Å². The molecule has 2 amide bonds. The topological polar surface area (TPSA) is 67.8 Å². The van der Waals surface area contributed by atoms with Crippen LogP contribution >= 0.6 is 0 Å². The largest absolute Gasteiger partial charge is 0.380 e. The van der Waals surface area contributed by atoms with Gasteiger partial charge in [-0.2, -0.15) is 0 Å². The van der Waals surface area contributed by atoms with Gasteiger partial charge in [0.05, 0.1) is 5.69 Å². The highest BCUT2D eigenvalue weighted by Gasteiger charge is 2.41. The number of rotatable bonds is 10. The van der Waals surface area contributed by atoms with Gasteiger partial charge in [-0.1, -0.05) is 109 Å². The number of carbonyl (C=O) groups excluding carboxylic acids is 1. The minimum atomic E-state index is -0.963. The second-order valence-corrected chi connectivity index (χ2v) is 12.6. The molecular formula is C39H46N4O2. The maximum absolute atomic E-state index is 12.9.